The summed E-state index contributed by atoms with van der Waals surface area (Å²) in [5.74, 6) is 1.26. The zero-order valence-electron chi connectivity index (χ0n) is 13.1. The molecule has 0 aromatic carbocycles. The topological polar surface area (TPSA) is 73.0 Å². The van der Waals surface area contributed by atoms with E-state index in [9.17, 15) is 10.1 Å². The average Bonchev–Trinajstić information content (AvgIpc) is 2.66. The van der Waals surface area contributed by atoms with Crippen LogP contribution in [0.2, 0.25) is 0 Å². The summed E-state index contributed by atoms with van der Waals surface area (Å²) in [4.78, 5) is 10.9. The van der Waals surface area contributed by atoms with E-state index in [2.05, 4.69) is 24.3 Å². The normalized spacial score (nSPS) is 11.3. The Morgan fingerprint density at radius 1 is 1.30 bits per heavy atom. The van der Waals surface area contributed by atoms with E-state index in [1.54, 1.807) is 11.7 Å². The average molecular weight is 282 g/mol. The zero-order valence-corrected chi connectivity index (χ0v) is 13.1. The zero-order chi connectivity index (χ0) is 15.3. The molecule has 0 aliphatic rings. The highest BCUT2D eigenvalue weighted by molar-refractivity contribution is 5.60. The number of nitrogens with zero attached hydrogens (tertiary/aromatic N) is 3. The van der Waals surface area contributed by atoms with Crippen LogP contribution in [0.1, 0.15) is 58.6 Å². The molecule has 1 rings (SSSR count). The van der Waals surface area contributed by atoms with Crippen molar-refractivity contribution in [3.63, 3.8) is 0 Å². The van der Waals surface area contributed by atoms with Crippen LogP contribution >= 0.6 is 0 Å². The predicted molar refractivity (Wildman–Crippen MR) is 81.1 cm³/mol. The summed E-state index contributed by atoms with van der Waals surface area (Å²) >= 11 is 0. The van der Waals surface area contributed by atoms with Crippen molar-refractivity contribution in [2.45, 2.75) is 52.9 Å². The lowest BCUT2D eigenvalue weighted by molar-refractivity contribution is -0.384. The molecule has 1 heterocycles. The second-order valence-corrected chi connectivity index (χ2v) is 5.93. The first-order valence-electron chi connectivity index (χ1n) is 7.29. The highest BCUT2D eigenvalue weighted by Gasteiger charge is 2.28. The van der Waals surface area contributed by atoms with Gasteiger partial charge in [0.2, 0.25) is 5.82 Å². The van der Waals surface area contributed by atoms with Crippen LogP contribution in [-0.2, 0) is 7.05 Å². The first kappa shape index (κ1) is 16.5. The molecule has 0 fully saturated rings. The summed E-state index contributed by atoms with van der Waals surface area (Å²) in [6.07, 6.45) is 3.33. The molecule has 6 heteroatoms. The lowest BCUT2D eigenvalue weighted by atomic mass is 10.1. The van der Waals surface area contributed by atoms with Gasteiger partial charge >= 0.3 is 5.69 Å². The maximum atomic E-state index is 11.3. The van der Waals surface area contributed by atoms with E-state index in [0.29, 0.717) is 17.4 Å². The molecule has 0 atom stereocenters. The van der Waals surface area contributed by atoms with Crippen LogP contribution in [0.25, 0.3) is 0 Å². The molecule has 0 radical (unpaired) electrons. The summed E-state index contributed by atoms with van der Waals surface area (Å²) in [7, 11) is 1.75. The maximum absolute atomic E-state index is 11.3. The van der Waals surface area contributed by atoms with Gasteiger partial charge in [0, 0.05) is 19.5 Å². The number of aryl methyl sites for hydroxylation is 1. The van der Waals surface area contributed by atoms with Gasteiger partial charge in [-0.2, -0.15) is 5.10 Å². The molecule has 0 unspecified atom stereocenters. The highest BCUT2D eigenvalue weighted by Crippen LogP contribution is 2.32. The monoisotopic (exact) mass is 282 g/mol. The van der Waals surface area contributed by atoms with Crippen LogP contribution in [0.15, 0.2) is 0 Å². The quantitative estimate of drug-likeness (QED) is 0.448. The van der Waals surface area contributed by atoms with E-state index in [1.807, 2.05) is 13.8 Å². The van der Waals surface area contributed by atoms with Gasteiger partial charge < -0.3 is 5.32 Å². The van der Waals surface area contributed by atoms with Gasteiger partial charge in [-0.1, -0.05) is 40.5 Å². The molecule has 6 nitrogen and oxygen atoms in total. The Bertz CT molecular complexity index is 452. The molecule has 20 heavy (non-hydrogen) atoms. The summed E-state index contributed by atoms with van der Waals surface area (Å²) in [5, 5.41) is 18.7. The van der Waals surface area contributed by atoms with Crippen molar-refractivity contribution in [1.82, 2.24) is 9.78 Å². The van der Waals surface area contributed by atoms with Crippen molar-refractivity contribution < 1.29 is 4.92 Å². The second kappa shape index (κ2) is 7.26. The Balaban J connectivity index is 2.72. The maximum Gasteiger partial charge on any atom is 0.334 e. The van der Waals surface area contributed by atoms with Crippen molar-refractivity contribution in [3.8, 4) is 0 Å². The highest BCUT2D eigenvalue weighted by atomic mass is 16.6. The summed E-state index contributed by atoms with van der Waals surface area (Å²) < 4.78 is 1.58. The van der Waals surface area contributed by atoms with Crippen molar-refractivity contribution in [2.75, 3.05) is 11.9 Å². The van der Waals surface area contributed by atoms with E-state index in [0.717, 1.165) is 19.4 Å². The molecular weight excluding hydrogens is 256 g/mol. The molecule has 1 aromatic rings. The number of hydrogen-bond donors (Lipinski definition) is 1. The van der Waals surface area contributed by atoms with Crippen molar-refractivity contribution in [1.29, 1.82) is 0 Å². The third kappa shape index (κ3) is 4.21. The fraction of sp³-hybridized carbons (Fsp3) is 0.786. The Kier molecular flexibility index (Phi) is 5.98. The Morgan fingerprint density at radius 3 is 2.45 bits per heavy atom. The summed E-state index contributed by atoms with van der Waals surface area (Å²) in [5.41, 5.74) is 0.661. The third-order valence-corrected chi connectivity index (χ3v) is 3.28. The lowest BCUT2D eigenvalue weighted by Gasteiger charge is -2.07. The van der Waals surface area contributed by atoms with E-state index in [1.165, 1.54) is 6.42 Å². The van der Waals surface area contributed by atoms with Crippen molar-refractivity contribution in [2.24, 2.45) is 13.0 Å². The van der Waals surface area contributed by atoms with Gasteiger partial charge in [-0.3, -0.25) is 10.1 Å². The van der Waals surface area contributed by atoms with Crippen LogP contribution in [0, 0.1) is 16.0 Å². The van der Waals surface area contributed by atoms with Crippen LogP contribution in [0.3, 0.4) is 0 Å². The van der Waals surface area contributed by atoms with Crippen molar-refractivity contribution in [3.05, 3.63) is 15.8 Å². The van der Waals surface area contributed by atoms with Gasteiger partial charge in [-0.15, -0.1) is 0 Å². The first-order valence-corrected chi connectivity index (χ1v) is 7.29. The summed E-state index contributed by atoms with van der Waals surface area (Å²) in [6, 6.07) is 0. The SMILES string of the molecule is CC(C)CCCCNc1c([N+](=O)[O-])c(C(C)C)nn1C. The standard InChI is InChI=1S/C14H26N4O2/c1-10(2)8-6-7-9-15-14-13(18(19)20)12(11(3)4)16-17(14)5/h10-11,15H,6-9H2,1-5H3. The number of nitro groups is 1. The van der Waals surface area contributed by atoms with Crippen LogP contribution in [-0.4, -0.2) is 21.2 Å². The fourth-order valence-corrected chi connectivity index (χ4v) is 2.18. The predicted octanol–water partition coefficient (Wildman–Crippen LogP) is 3.69. The molecule has 0 amide bonds. The first-order chi connectivity index (χ1) is 9.34. The minimum Gasteiger partial charge on any atom is -0.365 e. The van der Waals surface area contributed by atoms with Gasteiger partial charge in [0.05, 0.1) is 4.92 Å². The van der Waals surface area contributed by atoms with Crippen molar-refractivity contribution >= 4 is 11.5 Å². The van der Waals surface area contributed by atoms with Crippen LogP contribution in [0.4, 0.5) is 11.5 Å². The molecule has 1 aromatic heterocycles. The molecule has 0 saturated heterocycles. The van der Waals surface area contributed by atoms with E-state index in [4.69, 9.17) is 0 Å². The number of unbranched alkanes of at least 4 members (excludes halogenated alkanes) is 1. The molecule has 0 aliphatic heterocycles. The number of aromatic nitrogens is 2. The minimum absolute atomic E-state index is 0.0399. The fourth-order valence-electron chi connectivity index (χ4n) is 2.18. The van der Waals surface area contributed by atoms with E-state index in [-0.39, 0.29) is 16.5 Å². The van der Waals surface area contributed by atoms with Gasteiger partial charge in [0.25, 0.3) is 0 Å². The Hall–Kier alpha value is -1.59. The summed E-state index contributed by atoms with van der Waals surface area (Å²) in [6.45, 7) is 8.98. The van der Waals surface area contributed by atoms with Crippen LogP contribution in [0.5, 0.6) is 0 Å². The molecule has 114 valence electrons. The number of nitrogens with one attached hydrogen (secondary N) is 1. The van der Waals surface area contributed by atoms with Gasteiger partial charge in [-0.25, -0.2) is 4.68 Å². The smallest absolute Gasteiger partial charge is 0.334 e. The molecule has 0 saturated carbocycles. The Labute approximate surface area is 120 Å². The Morgan fingerprint density at radius 2 is 1.95 bits per heavy atom. The van der Waals surface area contributed by atoms with E-state index >= 15 is 0 Å². The van der Waals surface area contributed by atoms with Crippen LogP contribution < -0.4 is 5.32 Å². The number of hydrogen-bond acceptors (Lipinski definition) is 4. The van der Waals surface area contributed by atoms with E-state index < -0.39 is 0 Å². The molecular formula is C14H26N4O2. The molecule has 1 N–H and O–H groups in total. The number of rotatable bonds is 8. The van der Waals surface area contributed by atoms with Gasteiger partial charge in [0.1, 0.15) is 5.69 Å². The molecule has 0 spiro atoms. The number of anilines is 1. The molecule has 0 bridgehead atoms. The van der Waals surface area contributed by atoms with Gasteiger partial charge in [0.15, 0.2) is 0 Å². The largest absolute Gasteiger partial charge is 0.365 e. The molecule has 0 aliphatic carbocycles. The third-order valence-electron chi connectivity index (χ3n) is 3.28. The van der Waals surface area contributed by atoms with Gasteiger partial charge in [-0.05, 0) is 12.3 Å². The minimum atomic E-state index is -0.335. The lowest BCUT2D eigenvalue weighted by Crippen LogP contribution is -2.08. The second-order valence-electron chi connectivity index (χ2n) is 5.93.